The topological polar surface area (TPSA) is 77.2 Å². The molecule has 1 unspecified atom stereocenters. The summed E-state index contributed by atoms with van der Waals surface area (Å²) in [6, 6.07) is 1.32. The van der Waals surface area contributed by atoms with E-state index in [-0.39, 0.29) is 5.91 Å². The molecule has 0 aliphatic carbocycles. The van der Waals surface area contributed by atoms with E-state index in [0.717, 1.165) is 16.6 Å². The molecule has 0 bridgehead atoms. The van der Waals surface area contributed by atoms with Gasteiger partial charge in [-0.25, -0.2) is 4.98 Å². The molecule has 1 aromatic heterocycles. The fourth-order valence-electron chi connectivity index (χ4n) is 1.44. The zero-order valence-electron chi connectivity index (χ0n) is 10.6. The molecule has 0 radical (unpaired) electrons. The summed E-state index contributed by atoms with van der Waals surface area (Å²) in [5.41, 5.74) is 7.39. The van der Waals surface area contributed by atoms with Gasteiger partial charge in [0.25, 0.3) is 0 Å². The molecule has 18 heavy (non-hydrogen) atoms. The van der Waals surface area contributed by atoms with Gasteiger partial charge in [-0.2, -0.15) is 0 Å². The molecule has 0 aliphatic rings. The minimum Gasteiger partial charge on any atom is -0.385 e. The van der Waals surface area contributed by atoms with E-state index in [4.69, 9.17) is 10.5 Å². The first kappa shape index (κ1) is 15.1. The van der Waals surface area contributed by atoms with Gasteiger partial charge in [0.1, 0.15) is 4.60 Å². The van der Waals surface area contributed by atoms with Crippen molar-refractivity contribution in [2.75, 3.05) is 19.0 Å². The number of carbonyl (C=O) groups excluding carboxylic acids is 1. The Hall–Kier alpha value is -0.980. The van der Waals surface area contributed by atoms with E-state index in [1.807, 2.05) is 13.0 Å². The zero-order chi connectivity index (χ0) is 13.5. The number of rotatable bonds is 6. The van der Waals surface area contributed by atoms with E-state index in [9.17, 15) is 4.79 Å². The third-order valence-corrected chi connectivity index (χ3v) is 3.31. The van der Waals surface area contributed by atoms with Crippen molar-refractivity contribution in [3.05, 3.63) is 22.4 Å². The Balaban J connectivity index is 2.50. The highest BCUT2D eigenvalue weighted by Gasteiger charge is 2.13. The van der Waals surface area contributed by atoms with Crippen LogP contribution in [0.5, 0.6) is 0 Å². The van der Waals surface area contributed by atoms with E-state index >= 15 is 0 Å². The SMILES string of the molecule is COCCCC(N)C(=O)Nc1cnc(Br)c(C)c1. The molecule has 0 saturated heterocycles. The van der Waals surface area contributed by atoms with Gasteiger partial charge in [0.2, 0.25) is 5.91 Å². The standard InChI is InChI=1S/C12H18BrN3O2/c1-8-6-9(7-15-11(8)13)16-12(17)10(14)4-3-5-18-2/h6-7,10H,3-5,14H2,1-2H3,(H,16,17). The number of anilines is 1. The summed E-state index contributed by atoms with van der Waals surface area (Å²) < 4.78 is 5.69. The molecule has 0 saturated carbocycles. The lowest BCUT2D eigenvalue weighted by molar-refractivity contribution is -0.117. The molecule has 0 spiro atoms. The van der Waals surface area contributed by atoms with Crippen LogP contribution in [0, 0.1) is 6.92 Å². The van der Waals surface area contributed by atoms with Gasteiger partial charge in [0.05, 0.1) is 17.9 Å². The molecular formula is C12H18BrN3O2. The number of aryl methyl sites for hydroxylation is 1. The molecular weight excluding hydrogens is 298 g/mol. The number of amides is 1. The van der Waals surface area contributed by atoms with E-state index in [0.29, 0.717) is 18.7 Å². The molecule has 1 atom stereocenters. The molecule has 6 heteroatoms. The summed E-state index contributed by atoms with van der Waals surface area (Å²) in [5, 5.41) is 2.75. The summed E-state index contributed by atoms with van der Waals surface area (Å²) in [7, 11) is 1.63. The molecule has 3 N–H and O–H groups in total. The Labute approximate surface area is 115 Å². The van der Waals surface area contributed by atoms with Crippen LogP contribution in [0.4, 0.5) is 5.69 Å². The van der Waals surface area contributed by atoms with Crippen molar-refractivity contribution in [1.29, 1.82) is 0 Å². The largest absolute Gasteiger partial charge is 0.385 e. The molecule has 100 valence electrons. The third-order valence-electron chi connectivity index (χ3n) is 2.48. The smallest absolute Gasteiger partial charge is 0.241 e. The Morgan fingerprint density at radius 2 is 2.39 bits per heavy atom. The van der Waals surface area contributed by atoms with Crippen LogP contribution in [0.1, 0.15) is 18.4 Å². The van der Waals surface area contributed by atoms with Gasteiger partial charge in [-0.3, -0.25) is 4.79 Å². The fourth-order valence-corrected chi connectivity index (χ4v) is 1.66. The van der Waals surface area contributed by atoms with Crippen LogP contribution >= 0.6 is 15.9 Å². The van der Waals surface area contributed by atoms with E-state index in [1.165, 1.54) is 0 Å². The van der Waals surface area contributed by atoms with Gasteiger partial charge < -0.3 is 15.8 Å². The number of carbonyl (C=O) groups is 1. The van der Waals surface area contributed by atoms with Crippen LogP contribution < -0.4 is 11.1 Å². The van der Waals surface area contributed by atoms with Crippen LogP contribution in [-0.4, -0.2) is 30.6 Å². The van der Waals surface area contributed by atoms with Crippen molar-refractivity contribution in [2.45, 2.75) is 25.8 Å². The number of nitrogens with two attached hydrogens (primary N) is 1. The molecule has 5 nitrogen and oxygen atoms in total. The van der Waals surface area contributed by atoms with E-state index in [2.05, 4.69) is 26.2 Å². The second-order valence-electron chi connectivity index (χ2n) is 4.06. The highest BCUT2D eigenvalue weighted by Crippen LogP contribution is 2.16. The normalized spacial score (nSPS) is 12.2. The van der Waals surface area contributed by atoms with Crippen molar-refractivity contribution in [3.8, 4) is 0 Å². The van der Waals surface area contributed by atoms with Crippen molar-refractivity contribution in [3.63, 3.8) is 0 Å². The maximum absolute atomic E-state index is 11.8. The molecule has 1 aromatic rings. The van der Waals surface area contributed by atoms with Crippen LogP contribution in [0.15, 0.2) is 16.9 Å². The maximum atomic E-state index is 11.8. The van der Waals surface area contributed by atoms with Crippen molar-refractivity contribution in [2.24, 2.45) is 5.73 Å². The average Bonchev–Trinajstić information content (AvgIpc) is 2.34. The summed E-state index contributed by atoms with van der Waals surface area (Å²) in [6.07, 6.45) is 2.96. The molecule has 0 fully saturated rings. The van der Waals surface area contributed by atoms with Gasteiger partial charge >= 0.3 is 0 Å². The number of nitrogens with zero attached hydrogens (tertiary/aromatic N) is 1. The summed E-state index contributed by atoms with van der Waals surface area (Å²) >= 11 is 3.30. The van der Waals surface area contributed by atoms with Gasteiger partial charge in [-0.1, -0.05) is 0 Å². The number of hydrogen-bond donors (Lipinski definition) is 2. The van der Waals surface area contributed by atoms with Crippen molar-refractivity contribution in [1.82, 2.24) is 4.98 Å². The molecule has 1 heterocycles. The van der Waals surface area contributed by atoms with Gasteiger partial charge in [0, 0.05) is 13.7 Å². The average molecular weight is 316 g/mol. The van der Waals surface area contributed by atoms with E-state index < -0.39 is 6.04 Å². The van der Waals surface area contributed by atoms with Crippen molar-refractivity contribution < 1.29 is 9.53 Å². The highest BCUT2D eigenvalue weighted by atomic mass is 79.9. The number of ether oxygens (including phenoxy) is 1. The number of methoxy groups -OCH3 is 1. The third kappa shape index (κ3) is 4.72. The summed E-state index contributed by atoms with van der Waals surface area (Å²) in [4.78, 5) is 15.9. The van der Waals surface area contributed by atoms with Gasteiger partial charge in [0.15, 0.2) is 0 Å². The minimum absolute atomic E-state index is 0.199. The lowest BCUT2D eigenvalue weighted by atomic mass is 10.1. The monoisotopic (exact) mass is 315 g/mol. The van der Waals surface area contributed by atoms with Gasteiger partial charge in [-0.05, 0) is 47.3 Å². The minimum atomic E-state index is -0.524. The Bertz CT molecular complexity index is 412. The maximum Gasteiger partial charge on any atom is 0.241 e. The van der Waals surface area contributed by atoms with E-state index in [1.54, 1.807) is 13.3 Å². The van der Waals surface area contributed by atoms with Crippen molar-refractivity contribution >= 4 is 27.5 Å². The first-order chi connectivity index (χ1) is 8.54. The number of halogens is 1. The Morgan fingerprint density at radius 1 is 1.67 bits per heavy atom. The summed E-state index contributed by atoms with van der Waals surface area (Å²) in [5.74, 6) is -0.199. The molecule has 0 aliphatic heterocycles. The number of aromatic nitrogens is 1. The first-order valence-electron chi connectivity index (χ1n) is 5.72. The number of hydrogen-bond acceptors (Lipinski definition) is 4. The highest BCUT2D eigenvalue weighted by molar-refractivity contribution is 9.10. The zero-order valence-corrected chi connectivity index (χ0v) is 12.2. The Morgan fingerprint density at radius 3 is 3.00 bits per heavy atom. The molecule has 0 aromatic carbocycles. The lowest BCUT2D eigenvalue weighted by Gasteiger charge is -2.12. The quantitative estimate of drug-likeness (QED) is 0.620. The molecule has 1 rings (SSSR count). The summed E-state index contributed by atoms with van der Waals surface area (Å²) in [6.45, 7) is 2.52. The number of nitrogens with one attached hydrogen (secondary N) is 1. The van der Waals surface area contributed by atoms with Crippen LogP contribution in [0.2, 0.25) is 0 Å². The first-order valence-corrected chi connectivity index (χ1v) is 6.51. The molecule has 1 amide bonds. The Kier molecular flexibility index (Phi) is 6.24. The predicted molar refractivity (Wildman–Crippen MR) is 74.4 cm³/mol. The van der Waals surface area contributed by atoms with Gasteiger partial charge in [-0.15, -0.1) is 0 Å². The van der Waals surface area contributed by atoms with Crippen LogP contribution in [0.3, 0.4) is 0 Å². The lowest BCUT2D eigenvalue weighted by Crippen LogP contribution is -2.35. The fraction of sp³-hybridized carbons (Fsp3) is 0.500. The second-order valence-corrected chi connectivity index (χ2v) is 4.81. The predicted octanol–water partition coefficient (Wildman–Crippen LogP) is 1.84. The van der Waals surface area contributed by atoms with Crippen LogP contribution in [-0.2, 0) is 9.53 Å². The second kappa shape index (κ2) is 7.45. The number of pyridine rings is 1. The van der Waals surface area contributed by atoms with Crippen LogP contribution in [0.25, 0.3) is 0 Å².